The van der Waals surface area contributed by atoms with Gasteiger partial charge < -0.3 is 15.5 Å². The van der Waals surface area contributed by atoms with E-state index in [1.165, 1.54) is 13.1 Å². The van der Waals surface area contributed by atoms with Gasteiger partial charge in [-0.15, -0.1) is 0 Å². The second kappa shape index (κ2) is 6.75. The molecule has 0 radical (unpaired) electrons. The normalized spacial score (nSPS) is 11.9. The van der Waals surface area contributed by atoms with E-state index in [1.807, 2.05) is 0 Å². The summed E-state index contributed by atoms with van der Waals surface area (Å²) in [6, 6.07) is 3.10. The molecular weight excluding hydrogens is 242 g/mol. The van der Waals surface area contributed by atoms with E-state index in [4.69, 9.17) is 10.2 Å². The summed E-state index contributed by atoms with van der Waals surface area (Å²) in [5, 5.41) is 3.10. The molecule has 0 aliphatic heterocycles. The van der Waals surface area contributed by atoms with Gasteiger partial charge >= 0.3 is 0 Å². The van der Waals surface area contributed by atoms with Crippen LogP contribution in [0, 0.1) is 0 Å². The highest BCUT2D eigenvalue weighted by Crippen LogP contribution is 2.12. The van der Waals surface area contributed by atoms with Crippen molar-refractivity contribution in [2.75, 3.05) is 20.1 Å². The Balaban J connectivity index is 2.41. The van der Waals surface area contributed by atoms with E-state index in [0.717, 1.165) is 19.4 Å². The van der Waals surface area contributed by atoms with Gasteiger partial charge in [-0.3, -0.25) is 0 Å². The summed E-state index contributed by atoms with van der Waals surface area (Å²) in [5.41, 5.74) is 5.37. The largest absolute Gasteiger partial charge is 0.447 e. The lowest BCUT2D eigenvalue weighted by molar-refractivity contribution is 0.400. The fourth-order valence-electron chi connectivity index (χ4n) is 1.30. The summed E-state index contributed by atoms with van der Waals surface area (Å²) in [4.78, 5) is 0. The highest BCUT2D eigenvalue weighted by atomic mass is 32.2. The van der Waals surface area contributed by atoms with Gasteiger partial charge in [0.1, 0.15) is 5.76 Å². The van der Waals surface area contributed by atoms with E-state index in [1.54, 1.807) is 6.07 Å². The first-order chi connectivity index (χ1) is 8.10. The van der Waals surface area contributed by atoms with E-state index in [9.17, 15) is 8.42 Å². The number of hydrogen-bond acceptors (Lipinski definition) is 5. The molecular formula is C10H19N3O3S. The lowest BCUT2D eigenvalue weighted by atomic mass is 10.3. The third kappa shape index (κ3) is 4.47. The summed E-state index contributed by atoms with van der Waals surface area (Å²) in [6.07, 6.45) is 1.98. The zero-order chi connectivity index (χ0) is 12.7. The maximum absolute atomic E-state index is 11.4. The van der Waals surface area contributed by atoms with Crippen LogP contribution in [0.5, 0.6) is 0 Å². The number of rotatable bonds is 8. The molecule has 4 N–H and O–H groups in total. The van der Waals surface area contributed by atoms with Crippen molar-refractivity contribution >= 4 is 10.0 Å². The van der Waals surface area contributed by atoms with Gasteiger partial charge in [-0.25, -0.2) is 13.1 Å². The number of sulfonamides is 1. The van der Waals surface area contributed by atoms with Crippen molar-refractivity contribution < 1.29 is 12.8 Å². The van der Waals surface area contributed by atoms with Crippen LogP contribution in [0.4, 0.5) is 0 Å². The maximum Gasteiger partial charge on any atom is 0.273 e. The first-order valence-corrected chi connectivity index (χ1v) is 7.01. The molecule has 1 heterocycles. The van der Waals surface area contributed by atoms with Crippen molar-refractivity contribution in [3.05, 3.63) is 17.9 Å². The summed E-state index contributed by atoms with van der Waals surface area (Å²) in [6.45, 7) is 2.04. The molecule has 0 unspecified atom stereocenters. The van der Waals surface area contributed by atoms with Gasteiger partial charge in [-0.2, -0.15) is 0 Å². The van der Waals surface area contributed by atoms with Gasteiger partial charge in [0.2, 0.25) is 5.09 Å². The quantitative estimate of drug-likeness (QED) is 0.573. The molecule has 0 atom stereocenters. The van der Waals surface area contributed by atoms with Crippen molar-refractivity contribution in [1.82, 2.24) is 10.0 Å². The maximum atomic E-state index is 11.4. The number of furan rings is 1. The molecule has 1 rings (SSSR count). The third-order valence-corrected chi connectivity index (χ3v) is 3.56. The Morgan fingerprint density at radius 1 is 1.35 bits per heavy atom. The second-order valence-corrected chi connectivity index (χ2v) is 5.42. The molecule has 0 aliphatic carbocycles. The molecule has 1 aromatic rings. The Bertz CT molecular complexity index is 428. The smallest absolute Gasteiger partial charge is 0.273 e. The number of unbranched alkanes of at least 4 members (excludes halogenated alkanes) is 1. The van der Waals surface area contributed by atoms with E-state index in [0.29, 0.717) is 18.8 Å². The van der Waals surface area contributed by atoms with Crippen LogP contribution in [0.3, 0.4) is 0 Å². The molecule has 0 aromatic carbocycles. The lowest BCUT2D eigenvalue weighted by Gasteiger charge is -2.01. The van der Waals surface area contributed by atoms with Gasteiger partial charge in [-0.05, 0) is 45.1 Å². The van der Waals surface area contributed by atoms with Crippen molar-refractivity contribution in [3.63, 3.8) is 0 Å². The van der Waals surface area contributed by atoms with Gasteiger partial charge in [0.05, 0.1) is 6.54 Å². The monoisotopic (exact) mass is 261 g/mol. The molecule has 7 heteroatoms. The summed E-state index contributed by atoms with van der Waals surface area (Å²) in [5.74, 6) is 0.603. The summed E-state index contributed by atoms with van der Waals surface area (Å²) in [7, 11) is -2.13. The van der Waals surface area contributed by atoms with Crippen molar-refractivity contribution in [2.45, 2.75) is 24.5 Å². The molecule has 0 bridgehead atoms. The first-order valence-electron chi connectivity index (χ1n) is 5.53. The number of nitrogens with one attached hydrogen (secondary N) is 2. The van der Waals surface area contributed by atoms with E-state index in [-0.39, 0.29) is 5.09 Å². The van der Waals surface area contributed by atoms with E-state index >= 15 is 0 Å². The van der Waals surface area contributed by atoms with Crippen LogP contribution in [0.2, 0.25) is 0 Å². The van der Waals surface area contributed by atoms with Crippen LogP contribution < -0.4 is 15.8 Å². The van der Waals surface area contributed by atoms with E-state index < -0.39 is 10.0 Å². The summed E-state index contributed by atoms with van der Waals surface area (Å²) >= 11 is 0. The highest BCUT2D eigenvalue weighted by molar-refractivity contribution is 7.89. The standard InChI is InChI=1S/C10H19N3O3S/c1-12-17(14,15)10-5-4-9(16-10)8-13-7-3-2-6-11/h4-5,12-13H,2-3,6-8,11H2,1H3. The lowest BCUT2D eigenvalue weighted by Crippen LogP contribution is -2.18. The average molecular weight is 261 g/mol. The minimum Gasteiger partial charge on any atom is -0.447 e. The topological polar surface area (TPSA) is 97.4 Å². The Hall–Kier alpha value is -0.890. The Morgan fingerprint density at radius 3 is 2.76 bits per heavy atom. The van der Waals surface area contributed by atoms with Gasteiger partial charge in [0.15, 0.2) is 0 Å². The zero-order valence-electron chi connectivity index (χ0n) is 9.90. The Kier molecular flexibility index (Phi) is 5.63. The predicted octanol–water partition coefficient (Wildman–Crippen LogP) is 0.0162. The Morgan fingerprint density at radius 2 is 2.12 bits per heavy atom. The molecule has 0 aliphatic rings. The van der Waals surface area contributed by atoms with Crippen LogP contribution in [-0.4, -0.2) is 28.6 Å². The van der Waals surface area contributed by atoms with Crippen LogP contribution in [0.15, 0.2) is 21.6 Å². The van der Waals surface area contributed by atoms with Gasteiger partial charge in [0, 0.05) is 0 Å². The average Bonchev–Trinajstić information content (AvgIpc) is 2.78. The van der Waals surface area contributed by atoms with Gasteiger partial charge in [-0.1, -0.05) is 0 Å². The molecule has 0 saturated carbocycles. The molecule has 6 nitrogen and oxygen atoms in total. The summed E-state index contributed by atoms with van der Waals surface area (Å²) < 4.78 is 30.2. The number of hydrogen-bond donors (Lipinski definition) is 3. The van der Waals surface area contributed by atoms with Gasteiger partial charge in [0.25, 0.3) is 10.0 Å². The number of nitrogens with two attached hydrogens (primary N) is 1. The SMILES string of the molecule is CNS(=O)(=O)c1ccc(CNCCCCN)o1. The first kappa shape index (κ1) is 14.2. The molecule has 17 heavy (non-hydrogen) atoms. The fourth-order valence-corrected chi connectivity index (χ4v) is 1.97. The van der Waals surface area contributed by atoms with Crippen molar-refractivity contribution in [1.29, 1.82) is 0 Å². The molecule has 98 valence electrons. The molecule has 0 spiro atoms. The minimum atomic E-state index is -3.48. The van der Waals surface area contributed by atoms with Crippen LogP contribution in [0.1, 0.15) is 18.6 Å². The fraction of sp³-hybridized carbons (Fsp3) is 0.600. The van der Waals surface area contributed by atoms with Crippen LogP contribution >= 0.6 is 0 Å². The Labute approximate surface area is 102 Å². The molecule has 0 fully saturated rings. The third-order valence-electron chi connectivity index (χ3n) is 2.28. The molecule has 0 saturated heterocycles. The predicted molar refractivity (Wildman–Crippen MR) is 64.9 cm³/mol. The highest BCUT2D eigenvalue weighted by Gasteiger charge is 2.15. The zero-order valence-corrected chi connectivity index (χ0v) is 10.7. The van der Waals surface area contributed by atoms with Crippen molar-refractivity contribution in [2.24, 2.45) is 5.73 Å². The molecule has 1 aromatic heterocycles. The minimum absolute atomic E-state index is 0.0567. The molecule has 0 amide bonds. The van der Waals surface area contributed by atoms with E-state index in [2.05, 4.69) is 10.0 Å². The van der Waals surface area contributed by atoms with Crippen LogP contribution in [0.25, 0.3) is 0 Å². The van der Waals surface area contributed by atoms with Crippen molar-refractivity contribution in [3.8, 4) is 0 Å². The van der Waals surface area contributed by atoms with Crippen LogP contribution in [-0.2, 0) is 16.6 Å². The second-order valence-electron chi connectivity index (χ2n) is 3.60.